The van der Waals surface area contributed by atoms with Gasteiger partial charge in [-0.15, -0.1) is 0 Å². The molecule has 0 saturated heterocycles. The summed E-state index contributed by atoms with van der Waals surface area (Å²) in [4.78, 5) is 36.0. The maximum atomic E-state index is 13.2. The quantitative estimate of drug-likeness (QED) is 0.380. The number of aromatic nitrogens is 2. The van der Waals surface area contributed by atoms with E-state index >= 15 is 0 Å². The summed E-state index contributed by atoms with van der Waals surface area (Å²) in [6, 6.07) is 9.23. The monoisotopic (exact) mass is 465 g/mol. The van der Waals surface area contributed by atoms with Crippen molar-refractivity contribution in [2.24, 2.45) is 0 Å². The average molecular weight is 466 g/mol. The van der Waals surface area contributed by atoms with Crippen molar-refractivity contribution in [2.75, 3.05) is 6.54 Å². The number of nitrogens with one attached hydrogen (secondary N) is 1. The zero-order chi connectivity index (χ0) is 23.8. The Morgan fingerprint density at radius 1 is 1.27 bits per heavy atom. The van der Waals surface area contributed by atoms with Gasteiger partial charge in [0.2, 0.25) is 0 Å². The molecular formula is C27H32ClN3O2. The van der Waals surface area contributed by atoms with Gasteiger partial charge in [-0.05, 0) is 38.5 Å². The fourth-order valence-electron chi connectivity index (χ4n) is 4.13. The number of halogens is 1. The third-order valence-electron chi connectivity index (χ3n) is 5.91. The fourth-order valence-corrected chi connectivity index (χ4v) is 4.20. The molecule has 3 rings (SSSR count). The zero-order valence-corrected chi connectivity index (χ0v) is 20.3. The predicted molar refractivity (Wildman–Crippen MR) is 135 cm³/mol. The molecule has 1 amide bonds. The first-order valence-electron chi connectivity index (χ1n) is 11.6. The summed E-state index contributed by atoms with van der Waals surface area (Å²) in [5, 5.41) is 0.626. The normalized spacial score (nSPS) is 17.5. The first kappa shape index (κ1) is 24.7. The summed E-state index contributed by atoms with van der Waals surface area (Å²) in [5.74, 6) is 0.370. The minimum atomic E-state index is -0.197. The standard InChI is InChI=1S/C27H32ClN3O2/c1-4-7-12-21-17-31(27(33)20-13-9-8-10-14-20)18-23-24(21)29-25(30-26(23)32)19(11-5-2)15-16-22(28)6-3/h5-6,8-11,13-16,19,21H,4,7,12,17-18H2,1-3H3,(H,29,30,32)/b11-5?,16-15-,22-6+. The Morgan fingerprint density at radius 3 is 2.70 bits per heavy atom. The molecule has 1 aromatic heterocycles. The number of benzene rings is 1. The van der Waals surface area contributed by atoms with Crippen LogP contribution >= 0.6 is 11.6 Å². The number of hydrogen-bond acceptors (Lipinski definition) is 3. The van der Waals surface area contributed by atoms with Crippen LogP contribution in [0.2, 0.25) is 0 Å². The molecule has 0 saturated carbocycles. The predicted octanol–water partition coefficient (Wildman–Crippen LogP) is 6.06. The summed E-state index contributed by atoms with van der Waals surface area (Å²) in [7, 11) is 0. The van der Waals surface area contributed by atoms with Gasteiger partial charge in [-0.2, -0.15) is 0 Å². The summed E-state index contributed by atoms with van der Waals surface area (Å²) >= 11 is 6.14. The third-order valence-corrected chi connectivity index (χ3v) is 6.25. The number of unbranched alkanes of at least 4 members (excludes halogenated alkanes) is 1. The molecular weight excluding hydrogens is 434 g/mol. The number of hydrogen-bond donors (Lipinski definition) is 1. The van der Waals surface area contributed by atoms with Gasteiger partial charge >= 0.3 is 0 Å². The second-order valence-electron chi connectivity index (χ2n) is 8.29. The summed E-state index contributed by atoms with van der Waals surface area (Å²) in [6.07, 6.45) is 12.4. The highest BCUT2D eigenvalue weighted by atomic mass is 35.5. The van der Waals surface area contributed by atoms with Crippen LogP contribution in [0.25, 0.3) is 0 Å². The number of allylic oxidation sites excluding steroid dienone is 6. The van der Waals surface area contributed by atoms with Gasteiger partial charge in [0.25, 0.3) is 11.5 Å². The van der Waals surface area contributed by atoms with Crippen molar-refractivity contribution in [1.29, 1.82) is 0 Å². The Labute approximate surface area is 200 Å². The minimum absolute atomic E-state index is 0.0248. The van der Waals surface area contributed by atoms with Crippen LogP contribution in [-0.4, -0.2) is 27.3 Å². The van der Waals surface area contributed by atoms with Crippen LogP contribution in [0.15, 0.2) is 70.5 Å². The lowest BCUT2D eigenvalue weighted by Crippen LogP contribution is -2.42. The molecule has 0 fully saturated rings. The van der Waals surface area contributed by atoms with E-state index in [1.807, 2.05) is 74.6 Å². The molecule has 0 radical (unpaired) electrons. The fraction of sp³-hybridized carbons (Fsp3) is 0.370. The number of rotatable bonds is 8. The van der Waals surface area contributed by atoms with Crippen molar-refractivity contribution < 1.29 is 4.79 Å². The van der Waals surface area contributed by atoms with Crippen molar-refractivity contribution in [3.63, 3.8) is 0 Å². The average Bonchev–Trinajstić information content (AvgIpc) is 2.84. The molecule has 0 spiro atoms. The Morgan fingerprint density at radius 2 is 2.03 bits per heavy atom. The molecule has 1 aliphatic heterocycles. The van der Waals surface area contributed by atoms with Crippen molar-refractivity contribution >= 4 is 17.5 Å². The van der Waals surface area contributed by atoms with E-state index < -0.39 is 0 Å². The topological polar surface area (TPSA) is 66.1 Å². The lowest BCUT2D eigenvalue weighted by atomic mass is 9.90. The lowest BCUT2D eigenvalue weighted by Gasteiger charge is -2.34. The molecule has 2 unspecified atom stereocenters. The van der Waals surface area contributed by atoms with Crippen molar-refractivity contribution in [3.05, 3.63) is 98.7 Å². The molecule has 2 heterocycles. The van der Waals surface area contributed by atoms with Gasteiger partial charge in [0.15, 0.2) is 0 Å². The van der Waals surface area contributed by atoms with E-state index in [1.165, 1.54) is 0 Å². The van der Waals surface area contributed by atoms with E-state index in [0.717, 1.165) is 25.0 Å². The van der Waals surface area contributed by atoms with Gasteiger partial charge in [-0.25, -0.2) is 4.98 Å². The van der Waals surface area contributed by atoms with Crippen molar-refractivity contribution in [1.82, 2.24) is 14.9 Å². The van der Waals surface area contributed by atoms with Gasteiger partial charge < -0.3 is 9.88 Å². The second-order valence-corrected chi connectivity index (χ2v) is 8.73. The smallest absolute Gasteiger partial charge is 0.256 e. The Bertz CT molecular complexity index is 1100. The molecule has 0 aliphatic carbocycles. The molecule has 2 aromatic rings. The van der Waals surface area contributed by atoms with Crippen LogP contribution in [-0.2, 0) is 6.54 Å². The third kappa shape index (κ3) is 6.11. The summed E-state index contributed by atoms with van der Waals surface area (Å²) in [5.41, 5.74) is 1.86. The lowest BCUT2D eigenvalue weighted by molar-refractivity contribution is 0.0711. The van der Waals surface area contributed by atoms with E-state index in [1.54, 1.807) is 4.90 Å². The SMILES string of the molecule is CC=CC(/C=C\C(Cl)=C/C)c1nc2c(c(=O)[nH]1)CN(C(=O)c1ccccc1)CC2CCCC. The highest BCUT2D eigenvalue weighted by Gasteiger charge is 2.32. The largest absolute Gasteiger partial charge is 0.333 e. The molecule has 5 nitrogen and oxygen atoms in total. The van der Waals surface area contributed by atoms with Gasteiger partial charge in [-0.3, -0.25) is 9.59 Å². The highest BCUT2D eigenvalue weighted by molar-refractivity contribution is 6.31. The number of carbonyl (C=O) groups is 1. The number of nitrogens with zero attached hydrogens (tertiary/aromatic N) is 2. The van der Waals surface area contributed by atoms with Crippen LogP contribution in [0.4, 0.5) is 0 Å². The number of aromatic amines is 1. The molecule has 2 atom stereocenters. The highest BCUT2D eigenvalue weighted by Crippen LogP contribution is 2.31. The first-order chi connectivity index (χ1) is 16.0. The van der Waals surface area contributed by atoms with E-state index in [2.05, 4.69) is 11.9 Å². The number of amides is 1. The minimum Gasteiger partial charge on any atom is -0.333 e. The van der Waals surface area contributed by atoms with Gasteiger partial charge in [0, 0.05) is 23.1 Å². The maximum Gasteiger partial charge on any atom is 0.256 e. The number of fused-ring (bicyclic) bond motifs is 1. The molecule has 1 N–H and O–H groups in total. The van der Waals surface area contributed by atoms with Crippen LogP contribution in [0.1, 0.15) is 79.3 Å². The Hall–Kier alpha value is -2.92. The zero-order valence-electron chi connectivity index (χ0n) is 19.6. The van der Waals surface area contributed by atoms with E-state index in [4.69, 9.17) is 16.6 Å². The van der Waals surface area contributed by atoms with E-state index in [0.29, 0.717) is 28.5 Å². The Balaban J connectivity index is 2.01. The van der Waals surface area contributed by atoms with Gasteiger partial charge in [0.05, 0.1) is 23.7 Å². The van der Waals surface area contributed by atoms with Crippen LogP contribution in [0.3, 0.4) is 0 Å². The van der Waals surface area contributed by atoms with E-state index in [9.17, 15) is 9.59 Å². The molecule has 33 heavy (non-hydrogen) atoms. The molecule has 1 aliphatic rings. The summed E-state index contributed by atoms with van der Waals surface area (Å²) in [6.45, 7) is 6.78. The molecule has 1 aromatic carbocycles. The molecule has 174 valence electrons. The number of carbonyl (C=O) groups excluding carboxylic acids is 1. The van der Waals surface area contributed by atoms with Crippen LogP contribution in [0, 0.1) is 0 Å². The summed E-state index contributed by atoms with van der Waals surface area (Å²) < 4.78 is 0. The molecule has 0 bridgehead atoms. The maximum absolute atomic E-state index is 13.2. The van der Waals surface area contributed by atoms with Crippen LogP contribution < -0.4 is 5.56 Å². The van der Waals surface area contributed by atoms with Crippen molar-refractivity contribution in [3.8, 4) is 0 Å². The van der Waals surface area contributed by atoms with Gasteiger partial charge in [0.1, 0.15) is 5.82 Å². The second kappa shape index (κ2) is 11.8. The first-order valence-corrected chi connectivity index (χ1v) is 12.0. The van der Waals surface area contributed by atoms with E-state index in [-0.39, 0.29) is 29.8 Å². The molecule has 6 heteroatoms. The van der Waals surface area contributed by atoms with Crippen molar-refractivity contribution in [2.45, 2.75) is 58.4 Å². The van der Waals surface area contributed by atoms with Crippen LogP contribution in [0.5, 0.6) is 0 Å². The Kier molecular flexibility index (Phi) is 8.84. The number of H-pyrrole nitrogens is 1. The van der Waals surface area contributed by atoms with Gasteiger partial charge in [-0.1, -0.05) is 73.9 Å².